The minimum Gasteiger partial charge on any atom is -0.481 e. The molecule has 0 aliphatic carbocycles. The van der Waals surface area contributed by atoms with Crippen molar-refractivity contribution in [3.05, 3.63) is 23.9 Å². The van der Waals surface area contributed by atoms with E-state index >= 15 is 0 Å². The molecule has 0 saturated carbocycles. The highest BCUT2D eigenvalue weighted by atomic mass is 16.5. The number of rotatable bonds is 1. The van der Waals surface area contributed by atoms with Gasteiger partial charge in [-0.2, -0.15) is 0 Å². The largest absolute Gasteiger partial charge is 0.481 e. The van der Waals surface area contributed by atoms with E-state index in [2.05, 4.69) is 37.1 Å². The van der Waals surface area contributed by atoms with E-state index < -0.39 is 0 Å². The number of aromatic nitrogens is 1. The monoisotopic (exact) mass is 204 g/mol. The predicted molar refractivity (Wildman–Crippen MR) is 62.1 cm³/mol. The summed E-state index contributed by atoms with van der Waals surface area (Å²) in [7, 11) is 1.63. The van der Waals surface area contributed by atoms with Crippen LogP contribution in [0.4, 0.5) is 5.69 Å². The van der Waals surface area contributed by atoms with Gasteiger partial charge in [-0.3, -0.25) is 0 Å². The third kappa shape index (κ3) is 1.82. The molecule has 0 spiro atoms. The van der Waals surface area contributed by atoms with Crippen molar-refractivity contribution in [2.45, 2.75) is 26.3 Å². The highest BCUT2D eigenvalue weighted by Gasteiger charge is 2.23. The zero-order chi connectivity index (χ0) is 11.1. The molecule has 0 unspecified atom stereocenters. The summed E-state index contributed by atoms with van der Waals surface area (Å²) in [6, 6.07) is 3.89. The second kappa shape index (κ2) is 3.26. The van der Waals surface area contributed by atoms with Crippen LogP contribution in [0.3, 0.4) is 0 Å². The van der Waals surface area contributed by atoms with Crippen molar-refractivity contribution < 1.29 is 4.74 Å². The molecular formula is C12H16N2O. The van der Waals surface area contributed by atoms with Gasteiger partial charge in [0.15, 0.2) is 0 Å². The fourth-order valence-corrected chi connectivity index (χ4v) is 1.95. The van der Waals surface area contributed by atoms with Crippen LogP contribution in [-0.4, -0.2) is 17.6 Å². The average Bonchev–Trinajstić information content (AvgIpc) is 2.15. The second-order valence-electron chi connectivity index (χ2n) is 4.42. The number of allylic oxidation sites excluding steroid dienone is 1. The molecule has 1 aliphatic heterocycles. The molecule has 3 nitrogen and oxygen atoms in total. The highest BCUT2D eigenvalue weighted by molar-refractivity contribution is 5.77. The Kier molecular flexibility index (Phi) is 2.18. The van der Waals surface area contributed by atoms with E-state index in [4.69, 9.17) is 4.74 Å². The van der Waals surface area contributed by atoms with Crippen molar-refractivity contribution in [3.63, 3.8) is 0 Å². The first-order valence-electron chi connectivity index (χ1n) is 5.05. The Bertz CT molecular complexity index is 422. The number of methoxy groups -OCH3 is 1. The Morgan fingerprint density at radius 1 is 1.33 bits per heavy atom. The Morgan fingerprint density at radius 2 is 2.07 bits per heavy atom. The van der Waals surface area contributed by atoms with Crippen molar-refractivity contribution in [2.75, 3.05) is 12.4 Å². The molecule has 1 aromatic heterocycles. The fraction of sp³-hybridized carbons (Fsp3) is 0.417. The van der Waals surface area contributed by atoms with Crippen molar-refractivity contribution in [1.82, 2.24) is 4.98 Å². The Labute approximate surface area is 90.2 Å². The number of anilines is 1. The van der Waals surface area contributed by atoms with Gasteiger partial charge in [0, 0.05) is 6.07 Å². The van der Waals surface area contributed by atoms with Crippen LogP contribution in [0.2, 0.25) is 0 Å². The number of fused-ring (bicyclic) bond motifs is 1. The van der Waals surface area contributed by atoms with Crippen LogP contribution in [0.1, 0.15) is 26.5 Å². The Morgan fingerprint density at radius 3 is 2.73 bits per heavy atom. The fourth-order valence-electron chi connectivity index (χ4n) is 1.95. The molecule has 3 heteroatoms. The number of ether oxygens (including phenoxy) is 1. The van der Waals surface area contributed by atoms with Crippen LogP contribution in [0.15, 0.2) is 18.2 Å². The van der Waals surface area contributed by atoms with Crippen LogP contribution >= 0.6 is 0 Å². The maximum Gasteiger partial charge on any atom is 0.213 e. The lowest BCUT2D eigenvalue weighted by molar-refractivity contribution is 0.397. The summed E-state index contributed by atoms with van der Waals surface area (Å²) < 4.78 is 5.11. The van der Waals surface area contributed by atoms with Gasteiger partial charge in [0.2, 0.25) is 5.88 Å². The molecule has 0 fully saturated rings. The molecule has 2 heterocycles. The summed E-state index contributed by atoms with van der Waals surface area (Å²) in [6.45, 7) is 6.36. The number of pyridine rings is 1. The molecule has 0 atom stereocenters. The third-order valence-corrected chi connectivity index (χ3v) is 2.49. The van der Waals surface area contributed by atoms with Crippen molar-refractivity contribution in [2.24, 2.45) is 0 Å². The van der Waals surface area contributed by atoms with E-state index in [1.165, 1.54) is 5.57 Å². The molecule has 0 amide bonds. The first-order valence-corrected chi connectivity index (χ1v) is 5.05. The minimum absolute atomic E-state index is 0.00660. The molecule has 0 saturated heterocycles. The summed E-state index contributed by atoms with van der Waals surface area (Å²) in [5, 5.41) is 3.42. The molecule has 15 heavy (non-hydrogen) atoms. The predicted octanol–water partition coefficient (Wildman–Crippen LogP) is 2.70. The first-order chi connectivity index (χ1) is 7.02. The van der Waals surface area contributed by atoms with Crippen LogP contribution in [0.5, 0.6) is 5.88 Å². The van der Waals surface area contributed by atoms with E-state index in [1.807, 2.05) is 12.1 Å². The number of nitrogens with zero attached hydrogens (tertiary/aromatic N) is 1. The van der Waals surface area contributed by atoms with Gasteiger partial charge in [-0.1, -0.05) is 6.08 Å². The number of nitrogens with one attached hydrogen (secondary N) is 1. The summed E-state index contributed by atoms with van der Waals surface area (Å²) in [4.78, 5) is 4.43. The molecule has 2 rings (SSSR count). The topological polar surface area (TPSA) is 34.1 Å². The lowest BCUT2D eigenvalue weighted by Gasteiger charge is -2.30. The van der Waals surface area contributed by atoms with E-state index in [0.717, 1.165) is 11.4 Å². The molecule has 0 aromatic carbocycles. The summed E-state index contributed by atoms with van der Waals surface area (Å²) >= 11 is 0. The second-order valence-corrected chi connectivity index (χ2v) is 4.42. The van der Waals surface area contributed by atoms with Crippen LogP contribution < -0.4 is 10.1 Å². The summed E-state index contributed by atoms with van der Waals surface area (Å²) in [5.41, 5.74) is 3.23. The van der Waals surface area contributed by atoms with E-state index in [-0.39, 0.29) is 5.54 Å². The Hall–Kier alpha value is -1.51. The Balaban J connectivity index is 2.51. The summed E-state index contributed by atoms with van der Waals surface area (Å²) in [5.74, 6) is 0.656. The number of hydrogen-bond acceptors (Lipinski definition) is 3. The molecule has 1 aromatic rings. The average molecular weight is 204 g/mol. The zero-order valence-electron chi connectivity index (χ0n) is 9.59. The normalized spacial score (nSPS) is 17.5. The lowest BCUT2D eigenvalue weighted by Crippen LogP contribution is -2.31. The first kappa shape index (κ1) is 10.0. The van der Waals surface area contributed by atoms with Crippen molar-refractivity contribution in [1.29, 1.82) is 0 Å². The van der Waals surface area contributed by atoms with Gasteiger partial charge >= 0.3 is 0 Å². The van der Waals surface area contributed by atoms with Crippen LogP contribution in [0, 0.1) is 0 Å². The van der Waals surface area contributed by atoms with Crippen molar-refractivity contribution >= 4 is 11.3 Å². The molecule has 0 bridgehead atoms. The maximum absolute atomic E-state index is 5.11. The van der Waals surface area contributed by atoms with Gasteiger partial charge in [-0.15, -0.1) is 0 Å². The van der Waals surface area contributed by atoms with Crippen LogP contribution in [-0.2, 0) is 0 Å². The summed E-state index contributed by atoms with van der Waals surface area (Å²) in [6.07, 6.45) is 2.18. The van der Waals surface area contributed by atoms with Gasteiger partial charge in [0.05, 0.1) is 24.0 Å². The molecule has 1 aliphatic rings. The van der Waals surface area contributed by atoms with Gasteiger partial charge in [0.1, 0.15) is 0 Å². The number of hydrogen-bond donors (Lipinski definition) is 1. The van der Waals surface area contributed by atoms with Gasteiger partial charge in [-0.05, 0) is 32.4 Å². The smallest absolute Gasteiger partial charge is 0.213 e. The molecular weight excluding hydrogens is 188 g/mol. The van der Waals surface area contributed by atoms with Gasteiger partial charge in [0.25, 0.3) is 0 Å². The van der Waals surface area contributed by atoms with E-state index in [9.17, 15) is 0 Å². The molecule has 0 radical (unpaired) electrons. The minimum atomic E-state index is -0.00660. The SMILES string of the molecule is COc1ccc2c(n1)C(C)=CC(C)(C)N2. The third-order valence-electron chi connectivity index (χ3n) is 2.49. The van der Waals surface area contributed by atoms with E-state index in [0.29, 0.717) is 5.88 Å². The molecule has 80 valence electrons. The zero-order valence-corrected chi connectivity index (χ0v) is 9.59. The highest BCUT2D eigenvalue weighted by Crippen LogP contribution is 2.33. The van der Waals surface area contributed by atoms with E-state index in [1.54, 1.807) is 7.11 Å². The lowest BCUT2D eigenvalue weighted by atomic mass is 9.94. The van der Waals surface area contributed by atoms with Crippen LogP contribution in [0.25, 0.3) is 5.57 Å². The standard InChI is InChI=1S/C12H16N2O/c1-8-7-12(2,3)14-9-5-6-10(15-4)13-11(8)9/h5-7,14H,1-4H3. The van der Waals surface area contributed by atoms with Crippen molar-refractivity contribution in [3.8, 4) is 5.88 Å². The quantitative estimate of drug-likeness (QED) is 0.763. The van der Waals surface area contributed by atoms with Gasteiger partial charge < -0.3 is 10.1 Å². The maximum atomic E-state index is 5.11. The molecule has 1 N–H and O–H groups in total. The van der Waals surface area contributed by atoms with Gasteiger partial charge in [-0.25, -0.2) is 4.98 Å².